The van der Waals surface area contributed by atoms with Crippen LogP contribution in [0.5, 0.6) is 5.75 Å². The SMILES string of the molecule is CN(C)C(=O)c1ccc(N2CCC(CC3CCN(C(=O)C(O)(c4cccc(OC(F)(F)F)c4)C(F)(F)F)CC3)CC2)cc1. The molecule has 236 valence electrons. The number of benzene rings is 2. The predicted octanol–water partition coefficient (Wildman–Crippen LogP) is 5.58. The predicted molar refractivity (Wildman–Crippen MR) is 146 cm³/mol. The van der Waals surface area contributed by atoms with Crippen LogP contribution in [0.25, 0.3) is 0 Å². The number of nitrogens with zero attached hydrogens (tertiary/aromatic N) is 3. The molecule has 2 saturated heterocycles. The van der Waals surface area contributed by atoms with Crippen LogP contribution in [-0.2, 0) is 10.4 Å². The lowest BCUT2D eigenvalue weighted by Crippen LogP contribution is -2.57. The monoisotopic (exact) mass is 615 g/mol. The third-order valence-corrected chi connectivity index (χ3v) is 8.27. The number of likely N-dealkylation sites (tertiary alicyclic amines) is 1. The highest BCUT2D eigenvalue weighted by Gasteiger charge is 2.62. The van der Waals surface area contributed by atoms with Crippen LogP contribution >= 0.6 is 0 Å². The number of amides is 2. The maximum Gasteiger partial charge on any atom is 0.573 e. The first-order valence-corrected chi connectivity index (χ1v) is 14.1. The molecule has 2 aliphatic heterocycles. The van der Waals surface area contributed by atoms with Gasteiger partial charge in [-0.3, -0.25) is 9.59 Å². The van der Waals surface area contributed by atoms with E-state index in [0.717, 1.165) is 61.1 Å². The van der Waals surface area contributed by atoms with E-state index in [-0.39, 0.29) is 24.9 Å². The normalized spacial score (nSPS) is 18.7. The standard InChI is InChI=1S/C30H35F6N3O4/c1-37(2)26(40)22-6-8-24(9-7-22)38-14-10-20(11-15-38)18-21-12-16-39(17-13-21)27(41)28(42,29(31,32)33)23-4-3-5-25(19-23)43-30(34,35)36/h3-9,19-21,42H,10-18H2,1-2H3. The van der Waals surface area contributed by atoms with Crippen molar-refractivity contribution in [1.82, 2.24) is 9.80 Å². The first kappa shape index (κ1) is 32.4. The molecule has 7 nitrogen and oxygen atoms in total. The zero-order valence-electron chi connectivity index (χ0n) is 23.9. The van der Waals surface area contributed by atoms with Gasteiger partial charge in [-0.15, -0.1) is 13.2 Å². The topological polar surface area (TPSA) is 73.3 Å². The minimum Gasteiger partial charge on any atom is -0.406 e. The number of aliphatic hydroxyl groups is 1. The van der Waals surface area contributed by atoms with Crippen LogP contribution in [0.4, 0.5) is 32.0 Å². The van der Waals surface area contributed by atoms with Crippen molar-refractivity contribution < 1.29 is 45.8 Å². The molecule has 2 fully saturated rings. The van der Waals surface area contributed by atoms with Gasteiger partial charge >= 0.3 is 12.5 Å². The first-order chi connectivity index (χ1) is 20.1. The lowest BCUT2D eigenvalue weighted by molar-refractivity contribution is -0.274. The Morgan fingerprint density at radius 3 is 1.95 bits per heavy atom. The third kappa shape index (κ3) is 7.54. The molecule has 1 N–H and O–H groups in total. The maximum atomic E-state index is 14.1. The summed E-state index contributed by atoms with van der Waals surface area (Å²) in [6.07, 6.45) is -6.99. The molecule has 0 spiro atoms. The van der Waals surface area contributed by atoms with Gasteiger partial charge in [-0.25, -0.2) is 0 Å². The number of ether oxygens (including phenoxy) is 1. The number of carbonyl (C=O) groups is 2. The number of carbonyl (C=O) groups excluding carboxylic acids is 2. The van der Waals surface area contributed by atoms with Gasteiger partial charge < -0.3 is 24.5 Å². The van der Waals surface area contributed by atoms with E-state index < -0.39 is 35.4 Å². The summed E-state index contributed by atoms with van der Waals surface area (Å²) in [5.41, 5.74) is -3.41. The molecular formula is C30H35F6N3O4. The molecule has 1 atom stereocenters. The summed E-state index contributed by atoms with van der Waals surface area (Å²) in [6, 6.07) is 10.3. The van der Waals surface area contributed by atoms with E-state index in [1.54, 1.807) is 14.1 Å². The van der Waals surface area contributed by atoms with Crippen molar-refractivity contribution in [1.29, 1.82) is 0 Å². The largest absolute Gasteiger partial charge is 0.573 e. The van der Waals surface area contributed by atoms with Crippen LogP contribution in [0.2, 0.25) is 0 Å². The van der Waals surface area contributed by atoms with E-state index in [4.69, 9.17) is 0 Å². The molecule has 43 heavy (non-hydrogen) atoms. The maximum absolute atomic E-state index is 14.1. The van der Waals surface area contributed by atoms with E-state index in [9.17, 15) is 41.0 Å². The highest BCUT2D eigenvalue weighted by Crippen LogP contribution is 2.43. The van der Waals surface area contributed by atoms with Crippen LogP contribution in [0.3, 0.4) is 0 Å². The zero-order valence-corrected chi connectivity index (χ0v) is 23.9. The first-order valence-electron chi connectivity index (χ1n) is 14.1. The van der Waals surface area contributed by atoms with E-state index >= 15 is 0 Å². The average molecular weight is 616 g/mol. The summed E-state index contributed by atoms with van der Waals surface area (Å²) in [5.74, 6) is -2.04. The Labute approximate surface area is 246 Å². The molecule has 4 rings (SSSR count). The summed E-state index contributed by atoms with van der Waals surface area (Å²) in [6.45, 7) is 1.66. The molecule has 2 aromatic carbocycles. The fourth-order valence-electron chi connectivity index (χ4n) is 5.90. The number of hydrogen-bond donors (Lipinski definition) is 1. The molecule has 2 aliphatic rings. The van der Waals surface area contributed by atoms with Gasteiger partial charge in [0.05, 0.1) is 0 Å². The van der Waals surface area contributed by atoms with Gasteiger partial charge in [-0.1, -0.05) is 12.1 Å². The van der Waals surface area contributed by atoms with Crippen LogP contribution in [-0.4, -0.2) is 79.5 Å². The number of hydrogen-bond acceptors (Lipinski definition) is 5. The number of anilines is 1. The molecule has 0 aliphatic carbocycles. The van der Waals surface area contributed by atoms with Crippen molar-refractivity contribution in [2.75, 3.05) is 45.2 Å². The molecule has 13 heteroatoms. The van der Waals surface area contributed by atoms with Gasteiger partial charge in [0.25, 0.3) is 17.4 Å². The molecule has 0 aromatic heterocycles. The van der Waals surface area contributed by atoms with Crippen LogP contribution in [0.15, 0.2) is 48.5 Å². The zero-order chi connectivity index (χ0) is 31.6. The Bertz CT molecular complexity index is 1270. The molecule has 0 bridgehead atoms. The highest BCUT2D eigenvalue weighted by molar-refractivity contribution is 5.94. The Morgan fingerprint density at radius 2 is 1.44 bits per heavy atom. The average Bonchev–Trinajstić information content (AvgIpc) is 2.95. The fourth-order valence-corrected chi connectivity index (χ4v) is 5.90. The second-order valence-corrected chi connectivity index (χ2v) is 11.4. The molecule has 1 unspecified atom stereocenters. The molecule has 0 radical (unpaired) electrons. The second-order valence-electron chi connectivity index (χ2n) is 11.4. The minimum absolute atomic E-state index is 0.00249. The lowest BCUT2D eigenvalue weighted by atomic mass is 9.82. The van der Waals surface area contributed by atoms with E-state index in [1.807, 2.05) is 24.3 Å². The molecule has 0 saturated carbocycles. The van der Waals surface area contributed by atoms with Crippen molar-refractivity contribution in [3.05, 3.63) is 59.7 Å². The van der Waals surface area contributed by atoms with E-state index in [0.29, 0.717) is 30.4 Å². The van der Waals surface area contributed by atoms with Gasteiger partial charge in [-0.2, -0.15) is 13.2 Å². The van der Waals surface area contributed by atoms with Crippen molar-refractivity contribution in [3.63, 3.8) is 0 Å². The summed E-state index contributed by atoms with van der Waals surface area (Å²) in [4.78, 5) is 29.9. The number of alkyl halides is 6. The number of piperidine rings is 2. The Morgan fingerprint density at radius 1 is 0.884 bits per heavy atom. The van der Waals surface area contributed by atoms with Crippen molar-refractivity contribution in [3.8, 4) is 5.75 Å². The van der Waals surface area contributed by atoms with Crippen LogP contribution in [0, 0.1) is 11.8 Å². The quantitative estimate of drug-likeness (QED) is 0.412. The lowest BCUT2D eigenvalue weighted by Gasteiger charge is -2.40. The second kappa shape index (κ2) is 12.6. The Balaban J connectivity index is 1.32. The Kier molecular flexibility index (Phi) is 9.53. The van der Waals surface area contributed by atoms with Crippen molar-refractivity contribution in [2.45, 2.75) is 50.2 Å². The number of halogens is 6. The van der Waals surface area contributed by atoms with Crippen molar-refractivity contribution in [2.24, 2.45) is 11.8 Å². The molecule has 2 aromatic rings. The Hall–Kier alpha value is -3.48. The van der Waals surface area contributed by atoms with Gasteiger partial charge in [0.15, 0.2) is 0 Å². The van der Waals surface area contributed by atoms with Gasteiger partial charge in [0, 0.05) is 57.1 Å². The van der Waals surface area contributed by atoms with Gasteiger partial charge in [0.2, 0.25) is 0 Å². The van der Waals surface area contributed by atoms with Gasteiger partial charge in [0.1, 0.15) is 5.75 Å². The highest BCUT2D eigenvalue weighted by atomic mass is 19.4. The minimum atomic E-state index is -5.48. The smallest absolute Gasteiger partial charge is 0.406 e. The molecular weight excluding hydrogens is 580 g/mol. The van der Waals surface area contributed by atoms with Crippen molar-refractivity contribution >= 4 is 17.5 Å². The van der Waals surface area contributed by atoms with Crippen LogP contribution in [0.1, 0.15) is 48.0 Å². The molecule has 2 heterocycles. The third-order valence-electron chi connectivity index (χ3n) is 8.27. The summed E-state index contributed by atoms with van der Waals surface area (Å²) < 4.78 is 83.9. The summed E-state index contributed by atoms with van der Waals surface area (Å²) in [7, 11) is 3.40. The molecule has 2 amide bonds. The summed E-state index contributed by atoms with van der Waals surface area (Å²) >= 11 is 0. The van der Waals surface area contributed by atoms with Gasteiger partial charge in [-0.05, 0) is 80.3 Å². The van der Waals surface area contributed by atoms with Crippen LogP contribution < -0.4 is 9.64 Å². The van der Waals surface area contributed by atoms with E-state index in [1.165, 1.54) is 4.90 Å². The van der Waals surface area contributed by atoms with E-state index in [2.05, 4.69) is 9.64 Å². The number of rotatable bonds is 7. The fraction of sp³-hybridized carbons (Fsp3) is 0.533. The summed E-state index contributed by atoms with van der Waals surface area (Å²) in [5, 5.41) is 10.7.